The van der Waals surface area contributed by atoms with Gasteiger partial charge in [0.1, 0.15) is 0 Å². The molecule has 1 rings (SSSR count). The Morgan fingerprint density at radius 2 is 2.58 bits per heavy atom. The molecule has 0 aliphatic rings. The summed E-state index contributed by atoms with van der Waals surface area (Å²) in [6, 6.07) is 1.75. The maximum Gasteiger partial charge on any atom is 0.284 e. The van der Waals surface area contributed by atoms with Crippen LogP contribution in [-0.2, 0) is 4.84 Å². The summed E-state index contributed by atoms with van der Waals surface area (Å²) in [6.45, 7) is 2.28. The predicted molar refractivity (Wildman–Crippen MR) is 51.1 cm³/mol. The number of halogens is 1. The van der Waals surface area contributed by atoms with Crippen molar-refractivity contribution in [3.63, 3.8) is 0 Å². The molecule has 3 nitrogen and oxygen atoms in total. The summed E-state index contributed by atoms with van der Waals surface area (Å²) in [4.78, 5) is 16.6. The highest BCUT2D eigenvalue weighted by molar-refractivity contribution is 9.10. The second-order valence-corrected chi connectivity index (χ2v) is 3.82. The molecule has 66 valence electrons. The molecule has 1 N–H and O–H groups in total. The van der Waals surface area contributed by atoms with Gasteiger partial charge in [-0.3, -0.25) is 9.63 Å². The topological polar surface area (TPSA) is 38.3 Å². The monoisotopic (exact) mass is 249 g/mol. The Hall–Kier alpha value is -0.390. The van der Waals surface area contributed by atoms with Crippen LogP contribution < -0.4 is 5.48 Å². The molecular weight excluding hydrogens is 242 g/mol. The number of hydrogen-bond acceptors (Lipinski definition) is 3. The molecule has 0 aliphatic carbocycles. The lowest BCUT2D eigenvalue weighted by Gasteiger charge is -1.99. The van der Waals surface area contributed by atoms with Gasteiger partial charge in [0, 0.05) is 9.85 Å². The van der Waals surface area contributed by atoms with Crippen LogP contribution in [0.15, 0.2) is 15.9 Å². The first-order chi connectivity index (χ1) is 5.74. The van der Waals surface area contributed by atoms with Crippen LogP contribution in [0.1, 0.15) is 16.6 Å². The minimum atomic E-state index is -0.201. The first-order valence-corrected chi connectivity index (χ1v) is 5.07. The highest BCUT2D eigenvalue weighted by atomic mass is 79.9. The van der Waals surface area contributed by atoms with Crippen LogP contribution in [0.25, 0.3) is 0 Å². The van der Waals surface area contributed by atoms with E-state index in [1.807, 2.05) is 12.3 Å². The SMILES string of the molecule is CCONC(=O)c1cc(Br)cs1. The zero-order valence-electron chi connectivity index (χ0n) is 6.46. The molecule has 0 unspecified atom stereocenters. The zero-order valence-corrected chi connectivity index (χ0v) is 8.87. The van der Waals surface area contributed by atoms with Gasteiger partial charge < -0.3 is 0 Å². The molecule has 1 heterocycles. The van der Waals surface area contributed by atoms with Gasteiger partial charge in [-0.05, 0) is 28.9 Å². The van der Waals surface area contributed by atoms with E-state index >= 15 is 0 Å². The average molecular weight is 250 g/mol. The fourth-order valence-corrected chi connectivity index (χ4v) is 1.93. The summed E-state index contributed by atoms with van der Waals surface area (Å²) < 4.78 is 0.911. The Bertz CT molecular complexity index is 274. The van der Waals surface area contributed by atoms with Crippen molar-refractivity contribution in [1.29, 1.82) is 0 Å². The van der Waals surface area contributed by atoms with Crippen LogP contribution in [0.3, 0.4) is 0 Å². The Kier molecular flexibility index (Phi) is 3.71. The van der Waals surface area contributed by atoms with Crippen molar-refractivity contribution in [2.75, 3.05) is 6.61 Å². The van der Waals surface area contributed by atoms with Crippen LogP contribution in [0.4, 0.5) is 0 Å². The fraction of sp³-hybridized carbons (Fsp3) is 0.286. The number of rotatable bonds is 3. The lowest BCUT2D eigenvalue weighted by molar-refractivity contribution is 0.0368. The fourth-order valence-electron chi connectivity index (χ4n) is 0.620. The van der Waals surface area contributed by atoms with E-state index in [0.717, 1.165) is 4.47 Å². The molecule has 0 radical (unpaired) electrons. The second kappa shape index (κ2) is 4.59. The van der Waals surface area contributed by atoms with Crippen molar-refractivity contribution in [1.82, 2.24) is 5.48 Å². The van der Waals surface area contributed by atoms with Crippen LogP contribution in [0.2, 0.25) is 0 Å². The van der Waals surface area contributed by atoms with Gasteiger partial charge >= 0.3 is 0 Å². The molecule has 0 saturated heterocycles. The normalized spacial score (nSPS) is 9.83. The predicted octanol–water partition coefficient (Wildman–Crippen LogP) is 2.19. The first-order valence-electron chi connectivity index (χ1n) is 3.40. The number of hydroxylamine groups is 1. The van der Waals surface area contributed by atoms with Gasteiger partial charge in [0.05, 0.1) is 11.5 Å². The molecule has 12 heavy (non-hydrogen) atoms. The summed E-state index contributed by atoms with van der Waals surface area (Å²) in [7, 11) is 0. The van der Waals surface area contributed by atoms with Gasteiger partial charge in [0.2, 0.25) is 0 Å². The van der Waals surface area contributed by atoms with Gasteiger partial charge in [0.15, 0.2) is 0 Å². The minimum absolute atomic E-state index is 0.201. The molecule has 0 spiro atoms. The third kappa shape index (κ3) is 2.58. The highest BCUT2D eigenvalue weighted by Gasteiger charge is 2.06. The summed E-state index contributed by atoms with van der Waals surface area (Å²) in [5.74, 6) is -0.201. The molecule has 1 aromatic rings. The zero-order chi connectivity index (χ0) is 8.97. The third-order valence-electron chi connectivity index (χ3n) is 1.10. The maximum atomic E-state index is 11.2. The van der Waals surface area contributed by atoms with Crippen LogP contribution in [0, 0.1) is 0 Å². The van der Waals surface area contributed by atoms with Crippen molar-refractivity contribution >= 4 is 33.2 Å². The highest BCUT2D eigenvalue weighted by Crippen LogP contribution is 2.19. The number of carbonyl (C=O) groups is 1. The molecule has 0 saturated carbocycles. The average Bonchev–Trinajstić information content (AvgIpc) is 2.47. The van der Waals surface area contributed by atoms with E-state index < -0.39 is 0 Å². The van der Waals surface area contributed by atoms with Gasteiger partial charge in [-0.2, -0.15) is 0 Å². The van der Waals surface area contributed by atoms with E-state index in [9.17, 15) is 4.79 Å². The van der Waals surface area contributed by atoms with Crippen molar-refractivity contribution in [2.45, 2.75) is 6.92 Å². The van der Waals surface area contributed by atoms with Crippen LogP contribution in [-0.4, -0.2) is 12.5 Å². The van der Waals surface area contributed by atoms with Gasteiger partial charge in [-0.15, -0.1) is 11.3 Å². The van der Waals surface area contributed by atoms with Gasteiger partial charge in [0.25, 0.3) is 5.91 Å². The smallest absolute Gasteiger partial charge is 0.274 e. The maximum absolute atomic E-state index is 11.2. The Labute approximate surface area is 82.8 Å². The molecule has 0 aliphatic heterocycles. The minimum Gasteiger partial charge on any atom is -0.274 e. The van der Waals surface area contributed by atoms with Crippen LogP contribution >= 0.6 is 27.3 Å². The van der Waals surface area contributed by atoms with E-state index in [-0.39, 0.29) is 5.91 Å². The first kappa shape index (κ1) is 9.70. The van der Waals surface area contributed by atoms with E-state index in [2.05, 4.69) is 21.4 Å². The van der Waals surface area contributed by atoms with E-state index in [1.54, 1.807) is 6.07 Å². The lowest BCUT2D eigenvalue weighted by atomic mass is 10.5. The molecule has 0 bridgehead atoms. The van der Waals surface area contributed by atoms with Gasteiger partial charge in [-0.1, -0.05) is 0 Å². The molecule has 1 amide bonds. The summed E-state index contributed by atoms with van der Waals surface area (Å²) in [6.07, 6.45) is 0. The Balaban J connectivity index is 2.53. The van der Waals surface area contributed by atoms with E-state index in [0.29, 0.717) is 11.5 Å². The quantitative estimate of drug-likeness (QED) is 0.835. The van der Waals surface area contributed by atoms with E-state index in [1.165, 1.54) is 11.3 Å². The number of hydrogen-bond donors (Lipinski definition) is 1. The lowest BCUT2D eigenvalue weighted by Crippen LogP contribution is -2.22. The molecule has 0 atom stereocenters. The van der Waals surface area contributed by atoms with Gasteiger partial charge in [-0.25, -0.2) is 5.48 Å². The Morgan fingerprint density at radius 3 is 3.08 bits per heavy atom. The number of carbonyl (C=O) groups excluding carboxylic acids is 1. The van der Waals surface area contributed by atoms with E-state index in [4.69, 9.17) is 4.84 Å². The molecule has 1 aromatic heterocycles. The molecular formula is C7H8BrNO2S. The molecule has 5 heteroatoms. The third-order valence-corrected chi connectivity index (χ3v) is 2.79. The Morgan fingerprint density at radius 1 is 1.83 bits per heavy atom. The summed E-state index contributed by atoms with van der Waals surface area (Å²) in [5, 5.41) is 1.85. The molecule has 0 fully saturated rings. The van der Waals surface area contributed by atoms with Crippen molar-refractivity contribution in [3.05, 3.63) is 20.8 Å². The summed E-state index contributed by atoms with van der Waals surface area (Å²) in [5.41, 5.74) is 2.31. The molecule has 0 aromatic carbocycles. The van der Waals surface area contributed by atoms with Crippen LogP contribution in [0.5, 0.6) is 0 Å². The standard InChI is InChI=1S/C7H8BrNO2S/c1-2-11-9-7(10)6-3-5(8)4-12-6/h3-4H,2H2,1H3,(H,9,10). The number of nitrogens with one attached hydrogen (secondary N) is 1. The van der Waals surface area contributed by atoms with Crippen molar-refractivity contribution in [2.24, 2.45) is 0 Å². The number of amides is 1. The largest absolute Gasteiger partial charge is 0.284 e. The number of thiophene rings is 1. The van der Waals surface area contributed by atoms with Crippen molar-refractivity contribution < 1.29 is 9.63 Å². The second-order valence-electron chi connectivity index (χ2n) is 1.99. The van der Waals surface area contributed by atoms with Crippen molar-refractivity contribution in [3.8, 4) is 0 Å². The summed E-state index contributed by atoms with van der Waals surface area (Å²) >= 11 is 4.63.